The third-order valence-electron chi connectivity index (χ3n) is 1.87. The van der Waals surface area contributed by atoms with Crippen LogP contribution in [0.4, 0.5) is 0 Å². The third kappa shape index (κ3) is 3.78. The maximum atomic E-state index is 5.92. The molecule has 88 valence electrons. The van der Waals surface area contributed by atoms with Gasteiger partial charge in [-0.1, -0.05) is 46.7 Å². The molecular formula is C11H8Cl2N2S2. The Balaban J connectivity index is 2.23. The molecule has 1 aromatic heterocycles. The lowest BCUT2D eigenvalue weighted by molar-refractivity contribution is 0.894. The summed E-state index contributed by atoms with van der Waals surface area (Å²) in [5.41, 5.74) is 0. The summed E-state index contributed by atoms with van der Waals surface area (Å²) in [5.74, 6) is 0. The standard InChI is InChI=1S/C11H8Cl2N2S2/c1-16-11-14-9(13)6-10(15-11)17-8-4-2-7(12)3-5-8/h2-6H,1H3. The average Bonchev–Trinajstić information content (AvgIpc) is 2.31. The number of rotatable bonds is 3. The van der Waals surface area contributed by atoms with Gasteiger partial charge >= 0.3 is 0 Å². The highest BCUT2D eigenvalue weighted by Gasteiger charge is 2.04. The SMILES string of the molecule is CSc1nc(Cl)cc(Sc2ccc(Cl)cc2)n1. The van der Waals surface area contributed by atoms with Gasteiger partial charge in [-0.2, -0.15) is 0 Å². The summed E-state index contributed by atoms with van der Waals surface area (Å²) in [6.07, 6.45) is 1.92. The monoisotopic (exact) mass is 302 g/mol. The zero-order chi connectivity index (χ0) is 12.3. The highest BCUT2D eigenvalue weighted by Crippen LogP contribution is 2.29. The minimum atomic E-state index is 0.459. The molecule has 0 amide bonds. The van der Waals surface area contributed by atoms with Crippen LogP contribution in [0.25, 0.3) is 0 Å². The quantitative estimate of drug-likeness (QED) is 0.468. The van der Waals surface area contributed by atoms with Crippen LogP contribution >= 0.6 is 46.7 Å². The van der Waals surface area contributed by atoms with Crippen molar-refractivity contribution < 1.29 is 0 Å². The first-order valence-electron chi connectivity index (χ1n) is 4.69. The number of aromatic nitrogens is 2. The maximum Gasteiger partial charge on any atom is 0.189 e. The summed E-state index contributed by atoms with van der Waals surface area (Å²) in [6, 6.07) is 9.34. The normalized spacial score (nSPS) is 10.5. The van der Waals surface area contributed by atoms with Crippen molar-refractivity contribution in [1.29, 1.82) is 0 Å². The summed E-state index contributed by atoms with van der Waals surface area (Å²) >= 11 is 14.8. The number of hydrogen-bond donors (Lipinski definition) is 0. The molecule has 0 radical (unpaired) electrons. The van der Waals surface area contributed by atoms with Gasteiger partial charge in [-0.15, -0.1) is 0 Å². The topological polar surface area (TPSA) is 25.8 Å². The first-order chi connectivity index (χ1) is 8.17. The highest BCUT2D eigenvalue weighted by molar-refractivity contribution is 7.99. The zero-order valence-corrected chi connectivity index (χ0v) is 12.0. The van der Waals surface area contributed by atoms with E-state index >= 15 is 0 Å². The summed E-state index contributed by atoms with van der Waals surface area (Å²) < 4.78 is 0. The van der Waals surface area contributed by atoms with E-state index in [4.69, 9.17) is 23.2 Å². The fraction of sp³-hybridized carbons (Fsp3) is 0.0909. The van der Waals surface area contributed by atoms with E-state index in [9.17, 15) is 0 Å². The fourth-order valence-electron chi connectivity index (χ4n) is 1.14. The molecule has 0 unspecified atom stereocenters. The van der Waals surface area contributed by atoms with Crippen molar-refractivity contribution in [1.82, 2.24) is 9.97 Å². The van der Waals surface area contributed by atoms with Crippen LogP contribution < -0.4 is 0 Å². The van der Waals surface area contributed by atoms with Gasteiger partial charge in [0.05, 0.1) is 0 Å². The molecule has 2 nitrogen and oxygen atoms in total. The van der Waals surface area contributed by atoms with Crippen LogP contribution in [0.15, 0.2) is 45.4 Å². The van der Waals surface area contributed by atoms with Gasteiger partial charge in [-0.3, -0.25) is 0 Å². The van der Waals surface area contributed by atoms with Gasteiger partial charge in [0.15, 0.2) is 5.16 Å². The number of halogens is 2. The predicted octanol–water partition coefficient (Wildman–Crippen LogP) is 4.66. The lowest BCUT2D eigenvalue weighted by Crippen LogP contribution is -1.88. The molecule has 17 heavy (non-hydrogen) atoms. The minimum absolute atomic E-state index is 0.459. The number of hydrogen-bond acceptors (Lipinski definition) is 4. The molecule has 6 heteroatoms. The smallest absolute Gasteiger partial charge is 0.189 e. The van der Waals surface area contributed by atoms with E-state index in [1.165, 1.54) is 23.5 Å². The summed E-state index contributed by atoms with van der Waals surface area (Å²) in [7, 11) is 0. The highest BCUT2D eigenvalue weighted by atomic mass is 35.5. The minimum Gasteiger partial charge on any atom is -0.216 e. The van der Waals surface area contributed by atoms with Gasteiger partial charge in [0.25, 0.3) is 0 Å². The van der Waals surface area contributed by atoms with E-state index in [1.807, 2.05) is 30.5 Å². The van der Waals surface area contributed by atoms with E-state index in [1.54, 1.807) is 6.07 Å². The van der Waals surface area contributed by atoms with E-state index in [-0.39, 0.29) is 0 Å². The lowest BCUT2D eigenvalue weighted by atomic mass is 10.4. The Morgan fingerprint density at radius 2 is 1.76 bits per heavy atom. The van der Waals surface area contributed by atoms with Crippen molar-refractivity contribution in [3.63, 3.8) is 0 Å². The van der Waals surface area contributed by atoms with E-state index in [0.29, 0.717) is 10.3 Å². The Morgan fingerprint density at radius 3 is 2.41 bits per heavy atom. The Kier molecular flexibility index (Phi) is 4.56. The van der Waals surface area contributed by atoms with Gasteiger partial charge in [0.1, 0.15) is 10.2 Å². The molecule has 0 fully saturated rings. The first kappa shape index (κ1) is 13.0. The molecule has 2 rings (SSSR count). The van der Waals surface area contributed by atoms with Crippen LogP contribution in [-0.2, 0) is 0 Å². The van der Waals surface area contributed by atoms with Crippen molar-refractivity contribution in [3.8, 4) is 0 Å². The largest absolute Gasteiger partial charge is 0.216 e. The molecule has 1 heterocycles. The van der Waals surface area contributed by atoms with Crippen LogP contribution in [0.5, 0.6) is 0 Å². The fourth-order valence-corrected chi connectivity index (χ4v) is 2.82. The van der Waals surface area contributed by atoms with Gasteiger partial charge in [0, 0.05) is 16.0 Å². The van der Waals surface area contributed by atoms with Gasteiger partial charge < -0.3 is 0 Å². The Hall–Kier alpha value is -0.420. The molecule has 0 aliphatic carbocycles. The Labute approximate surface area is 118 Å². The first-order valence-corrected chi connectivity index (χ1v) is 7.49. The van der Waals surface area contributed by atoms with Crippen molar-refractivity contribution in [3.05, 3.63) is 40.5 Å². The third-order valence-corrected chi connectivity index (χ3v) is 3.79. The summed E-state index contributed by atoms with van der Waals surface area (Å²) in [5, 5.41) is 2.69. The average molecular weight is 303 g/mol. The van der Waals surface area contributed by atoms with Crippen LogP contribution in [0.3, 0.4) is 0 Å². The van der Waals surface area contributed by atoms with Crippen LogP contribution in [-0.4, -0.2) is 16.2 Å². The van der Waals surface area contributed by atoms with Crippen molar-refractivity contribution >= 4 is 46.7 Å². The van der Waals surface area contributed by atoms with Crippen LogP contribution in [0.1, 0.15) is 0 Å². The van der Waals surface area contributed by atoms with Crippen LogP contribution in [0, 0.1) is 0 Å². The summed E-state index contributed by atoms with van der Waals surface area (Å²) in [4.78, 5) is 9.52. The second-order valence-electron chi connectivity index (χ2n) is 3.07. The van der Waals surface area contributed by atoms with Crippen molar-refractivity contribution in [2.45, 2.75) is 15.1 Å². The number of nitrogens with zero attached hydrogens (tertiary/aromatic N) is 2. The second kappa shape index (κ2) is 5.96. The molecular weight excluding hydrogens is 295 g/mol. The van der Waals surface area contributed by atoms with Crippen molar-refractivity contribution in [2.75, 3.05) is 6.26 Å². The van der Waals surface area contributed by atoms with Crippen LogP contribution in [0.2, 0.25) is 10.2 Å². The second-order valence-corrected chi connectivity index (χ2v) is 5.76. The number of benzene rings is 1. The van der Waals surface area contributed by atoms with Gasteiger partial charge in [-0.05, 0) is 30.5 Å². The molecule has 0 aliphatic rings. The molecule has 0 bridgehead atoms. The molecule has 0 saturated heterocycles. The molecule has 0 aliphatic heterocycles. The lowest BCUT2D eigenvalue weighted by Gasteiger charge is -2.03. The van der Waals surface area contributed by atoms with Gasteiger partial charge in [0.2, 0.25) is 0 Å². The molecule has 2 aromatic rings. The maximum absolute atomic E-state index is 5.92. The van der Waals surface area contributed by atoms with E-state index in [2.05, 4.69) is 9.97 Å². The molecule has 0 saturated carbocycles. The molecule has 0 N–H and O–H groups in total. The van der Waals surface area contributed by atoms with Crippen molar-refractivity contribution in [2.24, 2.45) is 0 Å². The Bertz CT molecular complexity index is 517. The number of thioether (sulfide) groups is 1. The van der Waals surface area contributed by atoms with Gasteiger partial charge in [-0.25, -0.2) is 9.97 Å². The Morgan fingerprint density at radius 1 is 1.06 bits per heavy atom. The zero-order valence-electron chi connectivity index (χ0n) is 8.85. The molecule has 1 aromatic carbocycles. The van der Waals surface area contributed by atoms with E-state index in [0.717, 1.165) is 14.9 Å². The molecule has 0 atom stereocenters. The summed E-state index contributed by atoms with van der Waals surface area (Å²) in [6.45, 7) is 0. The molecule has 0 spiro atoms. The van der Waals surface area contributed by atoms with E-state index < -0.39 is 0 Å². The predicted molar refractivity (Wildman–Crippen MR) is 74.4 cm³/mol.